The van der Waals surface area contributed by atoms with Crippen LogP contribution in [-0.2, 0) is 12.8 Å². The summed E-state index contributed by atoms with van der Waals surface area (Å²) in [5, 5.41) is 8.49. The molecule has 0 unspecified atom stereocenters. The van der Waals surface area contributed by atoms with E-state index in [2.05, 4.69) is 30.3 Å². The highest BCUT2D eigenvalue weighted by Gasteiger charge is 2.19. The molecule has 0 atom stereocenters. The van der Waals surface area contributed by atoms with Crippen LogP contribution in [0.3, 0.4) is 0 Å². The maximum absolute atomic E-state index is 8.49. The summed E-state index contributed by atoms with van der Waals surface area (Å²) in [7, 11) is 0. The average molecular weight is 171 g/mol. The molecule has 2 rings (SSSR count). The van der Waals surface area contributed by atoms with Gasteiger partial charge in [-0.15, -0.1) is 0 Å². The van der Waals surface area contributed by atoms with Crippen molar-refractivity contribution >= 4 is 0 Å². The van der Waals surface area contributed by atoms with Crippen LogP contribution in [-0.4, -0.2) is 0 Å². The maximum atomic E-state index is 8.49. The molecule has 1 aliphatic carbocycles. The van der Waals surface area contributed by atoms with Crippen molar-refractivity contribution in [1.29, 1.82) is 5.26 Å². The Kier molecular flexibility index (Phi) is 2.31. The van der Waals surface area contributed by atoms with E-state index in [0.29, 0.717) is 6.42 Å². The van der Waals surface area contributed by atoms with Gasteiger partial charge in [0.15, 0.2) is 0 Å². The maximum Gasteiger partial charge on any atom is 0.0621 e. The summed E-state index contributed by atoms with van der Waals surface area (Å²) in [5.41, 5.74) is 2.98. The van der Waals surface area contributed by atoms with Gasteiger partial charge in [0.25, 0.3) is 0 Å². The van der Waals surface area contributed by atoms with Crippen LogP contribution in [0.25, 0.3) is 0 Å². The third-order valence-electron chi connectivity index (χ3n) is 2.80. The third-order valence-corrected chi connectivity index (χ3v) is 2.80. The van der Waals surface area contributed by atoms with Gasteiger partial charge in [-0.1, -0.05) is 24.3 Å². The van der Waals surface area contributed by atoms with Gasteiger partial charge in [0.1, 0.15) is 0 Å². The summed E-state index contributed by atoms with van der Waals surface area (Å²) < 4.78 is 0. The van der Waals surface area contributed by atoms with Crippen LogP contribution in [0.4, 0.5) is 0 Å². The number of nitrogens with zero attached hydrogens (tertiary/aromatic N) is 1. The second-order valence-electron chi connectivity index (χ2n) is 3.74. The van der Waals surface area contributed by atoms with Gasteiger partial charge in [0.05, 0.1) is 6.07 Å². The summed E-state index contributed by atoms with van der Waals surface area (Å²) in [4.78, 5) is 0. The standard InChI is InChI=1S/C12H13N/c13-7-3-4-10-8-11-5-1-2-6-12(11)9-10/h1-2,5-6,10H,3-4,8-9H2. The lowest BCUT2D eigenvalue weighted by Crippen LogP contribution is -1.98. The number of hydrogen-bond donors (Lipinski definition) is 0. The first kappa shape index (κ1) is 8.31. The van der Waals surface area contributed by atoms with E-state index < -0.39 is 0 Å². The molecule has 0 aliphatic heterocycles. The number of nitriles is 1. The SMILES string of the molecule is N#CCCC1Cc2ccccc2C1. The van der Waals surface area contributed by atoms with Gasteiger partial charge in [-0.05, 0) is 36.3 Å². The van der Waals surface area contributed by atoms with Gasteiger partial charge in [0, 0.05) is 6.42 Å². The highest BCUT2D eigenvalue weighted by atomic mass is 14.3. The first-order valence-electron chi connectivity index (χ1n) is 4.84. The highest BCUT2D eigenvalue weighted by molar-refractivity contribution is 5.31. The van der Waals surface area contributed by atoms with E-state index in [9.17, 15) is 0 Å². The molecule has 1 aromatic carbocycles. The Morgan fingerprint density at radius 3 is 2.38 bits per heavy atom. The summed E-state index contributed by atoms with van der Waals surface area (Å²) in [5.74, 6) is 0.719. The zero-order chi connectivity index (χ0) is 9.10. The van der Waals surface area contributed by atoms with E-state index in [1.807, 2.05) is 0 Å². The molecule has 0 bridgehead atoms. The first-order valence-corrected chi connectivity index (χ1v) is 4.84. The molecule has 0 spiro atoms. The minimum absolute atomic E-state index is 0.707. The molecule has 66 valence electrons. The zero-order valence-electron chi connectivity index (χ0n) is 7.66. The van der Waals surface area contributed by atoms with Crippen LogP contribution < -0.4 is 0 Å². The summed E-state index contributed by atoms with van der Waals surface area (Å²) >= 11 is 0. The van der Waals surface area contributed by atoms with Crippen molar-refractivity contribution < 1.29 is 0 Å². The number of hydrogen-bond acceptors (Lipinski definition) is 1. The van der Waals surface area contributed by atoms with E-state index in [1.54, 1.807) is 0 Å². The molecule has 0 aromatic heterocycles. The van der Waals surface area contributed by atoms with Crippen molar-refractivity contribution in [2.75, 3.05) is 0 Å². The Bertz CT molecular complexity index is 310. The quantitative estimate of drug-likeness (QED) is 0.671. The summed E-state index contributed by atoms with van der Waals surface area (Å²) in [6.45, 7) is 0. The summed E-state index contributed by atoms with van der Waals surface area (Å²) in [6, 6.07) is 10.8. The largest absolute Gasteiger partial charge is 0.198 e. The Morgan fingerprint density at radius 2 is 1.85 bits per heavy atom. The normalized spacial score (nSPS) is 15.3. The molecule has 13 heavy (non-hydrogen) atoms. The molecule has 0 heterocycles. The smallest absolute Gasteiger partial charge is 0.0621 e. The molecule has 1 heteroatoms. The van der Waals surface area contributed by atoms with Crippen molar-refractivity contribution in [3.8, 4) is 6.07 Å². The molecule has 1 aromatic rings. The van der Waals surface area contributed by atoms with Crippen LogP contribution in [0.1, 0.15) is 24.0 Å². The van der Waals surface area contributed by atoms with Crippen LogP contribution in [0, 0.1) is 17.2 Å². The lowest BCUT2D eigenvalue weighted by molar-refractivity contribution is 0.522. The van der Waals surface area contributed by atoms with Crippen LogP contribution in [0.15, 0.2) is 24.3 Å². The molecular formula is C12H13N. The van der Waals surface area contributed by atoms with Gasteiger partial charge in [-0.25, -0.2) is 0 Å². The molecule has 0 N–H and O–H groups in total. The van der Waals surface area contributed by atoms with Crippen molar-refractivity contribution in [2.24, 2.45) is 5.92 Å². The zero-order valence-corrected chi connectivity index (χ0v) is 7.66. The minimum atomic E-state index is 0.707. The van der Waals surface area contributed by atoms with Crippen LogP contribution in [0.2, 0.25) is 0 Å². The van der Waals surface area contributed by atoms with E-state index in [1.165, 1.54) is 24.0 Å². The predicted molar refractivity (Wildman–Crippen MR) is 52.2 cm³/mol. The van der Waals surface area contributed by atoms with Crippen molar-refractivity contribution in [2.45, 2.75) is 25.7 Å². The van der Waals surface area contributed by atoms with Crippen molar-refractivity contribution in [3.05, 3.63) is 35.4 Å². The Labute approximate surface area is 79.0 Å². The van der Waals surface area contributed by atoms with Crippen LogP contribution in [0.5, 0.6) is 0 Å². The lowest BCUT2D eigenvalue weighted by atomic mass is 10.0. The lowest BCUT2D eigenvalue weighted by Gasteiger charge is -2.03. The van der Waals surface area contributed by atoms with Gasteiger partial charge in [-0.2, -0.15) is 5.26 Å². The van der Waals surface area contributed by atoms with Crippen molar-refractivity contribution in [3.63, 3.8) is 0 Å². The Balaban J connectivity index is 2.02. The second-order valence-corrected chi connectivity index (χ2v) is 3.74. The number of benzene rings is 1. The second kappa shape index (κ2) is 3.62. The fourth-order valence-electron chi connectivity index (χ4n) is 2.12. The fraction of sp³-hybridized carbons (Fsp3) is 0.417. The van der Waals surface area contributed by atoms with Gasteiger partial charge >= 0.3 is 0 Å². The van der Waals surface area contributed by atoms with Crippen molar-refractivity contribution in [1.82, 2.24) is 0 Å². The molecule has 0 saturated heterocycles. The number of rotatable bonds is 2. The van der Waals surface area contributed by atoms with E-state index >= 15 is 0 Å². The summed E-state index contributed by atoms with van der Waals surface area (Å²) in [6.07, 6.45) is 4.12. The Morgan fingerprint density at radius 1 is 1.23 bits per heavy atom. The van der Waals surface area contributed by atoms with E-state index in [0.717, 1.165) is 12.3 Å². The monoisotopic (exact) mass is 171 g/mol. The van der Waals surface area contributed by atoms with Gasteiger partial charge in [0.2, 0.25) is 0 Å². The topological polar surface area (TPSA) is 23.8 Å². The highest BCUT2D eigenvalue weighted by Crippen LogP contribution is 2.28. The Hall–Kier alpha value is -1.29. The third kappa shape index (κ3) is 1.72. The molecule has 1 nitrogen and oxygen atoms in total. The molecule has 0 fully saturated rings. The molecule has 0 saturated carbocycles. The molecular weight excluding hydrogens is 158 g/mol. The number of fused-ring (bicyclic) bond motifs is 1. The fourth-order valence-corrected chi connectivity index (χ4v) is 2.12. The van der Waals surface area contributed by atoms with Crippen LogP contribution >= 0.6 is 0 Å². The molecule has 0 radical (unpaired) electrons. The first-order chi connectivity index (χ1) is 6.40. The molecule has 0 amide bonds. The molecule has 1 aliphatic rings. The van der Waals surface area contributed by atoms with E-state index in [-0.39, 0.29) is 0 Å². The average Bonchev–Trinajstić information content (AvgIpc) is 2.57. The van der Waals surface area contributed by atoms with Gasteiger partial charge < -0.3 is 0 Å². The van der Waals surface area contributed by atoms with Gasteiger partial charge in [-0.3, -0.25) is 0 Å². The minimum Gasteiger partial charge on any atom is -0.198 e. The van der Waals surface area contributed by atoms with E-state index in [4.69, 9.17) is 5.26 Å². The predicted octanol–water partition coefficient (Wildman–Crippen LogP) is 2.71.